The molecule has 4 nitrogen and oxygen atoms in total. The molecule has 2 aliphatic rings. The quantitative estimate of drug-likeness (QED) is 0.802. The van der Waals surface area contributed by atoms with Crippen molar-refractivity contribution in [2.45, 2.75) is 69.7 Å². The van der Waals surface area contributed by atoms with E-state index in [1.54, 1.807) is 0 Å². The third kappa shape index (κ3) is 2.93. The van der Waals surface area contributed by atoms with E-state index >= 15 is 0 Å². The average Bonchev–Trinajstić information content (AvgIpc) is 3.13. The van der Waals surface area contributed by atoms with E-state index in [4.69, 9.17) is 0 Å². The van der Waals surface area contributed by atoms with Gasteiger partial charge in [0.25, 0.3) is 0 Å². The molecule has 2 saturated carbocycles. The molecule has 2 aliphatic carbocycles. The van der Waals surface area contributed by atoms with Gasteiger partial charge in [0.2, 0.25) is 0 Å². The Morgan fingerprint density at radius 1 is 1.22 bits per heavy atom. The van der Waals surface area contributed by atoms with Crippen LogP contribution in [0.15, 0.2) is 12.4 Å². The Balaban J connectivity index is 1.62. The van der Waals surface area contributed by atoms with Crippen LogP contribution in [0.5, 0.6) is 0 Å². The van der Waals surface area contributed by atoms with Crippen LogP contribution < -0.4 is 5.32 Å². The van der Waals surface area contributed by atoms with Crippen molar-refractivity contribution in [3.8, 4) is 0 Å². The molecule has 0 bridgehead atoms. The maximum absolute atomic E-state index is 10.2. The topological polar surface area (TPSA) is 50.1 Å². The van der Waals surface area contributed by atoms with Gasteiger partial charge in [0.05, 0.1) is 18.3 Å². The smallest absolute Gasteiger partial charge is 0.0778 e. The van der Waals surface area contributed by atoms with Gasteiger partial charge in [-0.1, -0.05) is 19.3 Å². The Labute approximate surface area is 108 Å². The molecule has 3 rings (SSSR count). The molecule has 0 radical (unpaired) electrons. The largest absolute Gasteiger partial charge is 0.391 e. The molecule has 2 atom stereocenters. The minimum atomic E-state index is -0.225. The lowest BCUT2D eigenvalue weighted by Gasteiger charge is -2.20. The molecular weight excluding hydrogens is 226 g/mol. The first-order chi connectivity index (χ1) is 8.83. The van der Waals surface area contributed by atoms with Gasteiger partial charge in [-0.3, -0.25) is 4.68 Å². The highest BCUT2D eigenvalue weighted by atomic mass is 16.3. The third-order valence-corrected chi connectivity index (χ3v) is 4.11. The fourth-order valence-corrected chi connectivity index (χ4v) is 2.78. The van der Waals surface area contributed by atoms with Gasteiger partial charge in [-0.05, 0) is 25.7 Å². The van der Waals surface area contributed by atoms with Crippen molar-refractivity contribution < 1.29 is 5.11 Å². The van der Waals surface area contributed by atoms with Crippen molar-refractivity contribution >= 4 is 0 Å². The molecule has 2 fully saturated rings. The van der Waals surface area contributed by atoms with Gasteiger partial charge in [-0.2, -0.15) is 5.10 Å². The molecule has 1 aromatic rings. The summed E-state index contributed by atoms with van der Waals surface area (Å²) in [6, 6.07) is 0.916. The van der Waals surface area contributed by atoms with Crippen molar-refractivity contribution in [1.29, 1.82) is 0 Å². The van der Waals surface area contributed by atoms with Gasteiger partial charge < -0.3 is 10.4 Å². The lowest BCUT2D eigenvalue weighted by Crippen LogP contribution is -2.23. The molecule has 18 heavy (non-hydrogen) atoms. The number of hydrogen-bond acceptors (Lipinski definition) is 3. The van der Waals surface area contributed by atoms with Crippen LogP contribution in [0, 0.1) is 0 Å². The minimum Gasteiger partial charge on any atom is -0.391 e. The summed E-state index contributed by atoms with van der Waals surface area (Å²) >= 11 is 0. The highest BCUT2D eigenvalue weighted by Crippen LogP contribution is 2.27. The van der Waals surface area contributed by atoms with Crippen molar-refractivity contribution in [2.75, 3.05) is 0 Å². The highest BCUT2D eigenvalue weighted by molar-refractivity contribution is 5.05. The first-order valence-corrected chi connectivity index (χ1v) is 7.27. The van der Waals surface area contributed by atoms with Crippen LogP contribution in [-0.4, -0.2) is 27.0 Å². The number of nitrogens with zero attached hydrogens (tertiary/aromatic N) is 2. The van der Waals surface area contributed by atoms with Gasteiger partial charge in [-0.25, -0.2) is 0 Å². The molecule has 0 saturated heterocycles. The zero-order valence-corrected chi connectivity index (χ0v) is 10.9. The number of rotatable bonds is 4. The monoisotopic (exact) mass is 249 g/mol. The highest BCUT2D eigenvalue weighted by Gasteiger charge is 2.24. The van der Waals surface area contributed by atoms with Crippen LogP contribution in [0.2, 0.25) is 0 Å². The van der Waals surface area contributed by atoms with E-state index in [2.05, 4.69) is 16.6 Å². The summed E-state index contributed by atoms with van der Waals surface area (Å²) in [5.41, 5.74) is 1.23. The molecular formula is C14H23N3O. The van der Waals surface area contributed by atoms with Crippen LogP contribution in [0.3, 0.4) is 0 Å². The molecule has 2 unspecified atom stereocenters. The van der Waals surface area contributed by atoms with Crippen LogP contribution in [0.25, 0.3) is 0 Å². The zero-order valence-electron chi connectivity index (χ0n) is 10.9. The molecule has 1 heterocycles. The zero-order chi connectivity index (χ0) is 12.4. The molecule has 4 heteroatoms. The third-order valence-electron chi connectivity index (χ3n) is 4.11. The molecule has 0 amide bonds. The first kappa shape index (κ1) is 12.2. The van der Waals surface area contributed by atoms with Crippen LogP contribution >= 0.6 is 0 Å². The second-order valence-corrected chi connectivity index (χ2v) is 5.76. The van der Waals surface area contributed by atoms with E-state index in [1.807, 2.05) is 10.9 Å². The standard InChI is InChI=1S/C14H23N3O/c18-14-5-3-1-2-4-13(14)17-10-11(9-16-17)8-15-12-6-7-12/h9-10,12-15,18H,1-8H2. The molecule has 0 aliphatic heterocycles. The number of aliphatic hydroxyl groups excluding tert-OH is 1. The summed E-state index contributed by atoms with van der Waals surface area (Å²) in [6.45, 7) is 0.910. The number of aliphatic hydroxyl groups is 1. The lowest BCUT2D eigenvalue weighted by molar-refractivity contribution is 0.0990. The second kappa shape index (κ2) is 5.41. The molecule has 0 spiro atoms. The Morgan fingerprint density at radius 2 is 2.06 bits per heavy atom. The van der Waals surface area contributed by atoms with Crippen LogP contribution in [0.4, 0.5) is 0 Å². The van der Waals surface area contributed by atoms with Gasteiger partial charge in [-0.15, -0.1) is 0 Å². The van der Waals surface area contributed by atoms with Crippen molar-refractivity contribution in [2.24, 2.45) is 0 Å². The van der Waals surface area contributed by atoms with Crippen molar-refractivity contribution in [1.82, 2.24) is 15.1 Å². The number of nitrogens with one attached hydrogen (secondary N) is 1. The number of aromatic nitrogens is 2. The lowest BCUT2D eigenvalue weighted by atomic mass is 10.1. The maximum atomic E-state index is 10.2. The summed E-state index contributed by atoms with van der Waals surface area (Å²) in [6.07, 6.45) is 12.0. The Morgan fingerprint density at radius 3 is 2.89 bits per heavy atom. The fraction of sp³-hybridized carbons (Fsp3) is 0.786. The van der Waals surface area contributed by atoms with Gasteiger partial charge in [0.1, 0.15) is 0 Å². The van der Waals surface area contributed by atoms with E-state index in [9.17, 15) is 5.11 Å². The maximum Gasteiger partial charge on any atom is 0.0778 e. The van der Waals surface area contributed by atoms with Gasteiger partial charge in [0, 0.05) is 24.3 Å². The van der Waals surface area contributed by atoms with Crippen LogP contribution in [-0.2, 0) is 6.54 Å². The summed E-state index contributed by atoms with van der Waals surface area (Å²) in [4.78, 5) is 0. The first-order valence-electron chi connectivity index (χ1n) is 7.27. The van der Waals surface area contributed by atoms with Crippen molar-refractivity contribution in [3.63, 3.8) is 0 Å². The Hall–Kier alpha value is -0.870. The second-order valence-electron chi connectivity index (χ2n) is 5.76. The average molecular weight is 249 g/mol. The van der Waals surface area contributed by atoms with Crippen LogP contribution in [0.1, 0.15) is 56.6 Å². The number of hydrogen-bond donors (Lipinski definition) is 2. The van der Waals surface area contributed by atoms with E-state index in [0.717, 1.165) is 31.8 Å². The summed E-state index contributed by atoms with van der Waals surface area (Å²) in [7, 11) is 0. The summed E-state index contributed by atoms with van der Waals surface area (Å²) in [5, 5.41) is 18.1. The van der Waals surface area contributed by atoms with Gasteiger partial charge >= 0.3 is 0 Å². The summed E-state index contributed by atoms with van der Waals surface area (Å²) < 4.78 is 1.99. The molecule has 0 aromatic carbocycles. The molecule has 1 aromatic heterocycles. The summed E-state index contributed by atoms with van der Waals surface area (Å²) in [5.74, 6) is 0. The molecule has 2 N–H and O–H groups in total. The minimum absolute atomic E-state index is 0.183. The Bertz CT molecular complexity index is 386. The van der Waals surface area contributed by atoms with E-state index < -0.39 is 0 Å². The normalized spacial score (nSPS) is 29.2. The predicted octanol–water partition coefficient (Wildman–Crippen LogP) is 2.00. The Kier molecular flexibility index (Phi) is 3.66. The SMILES string of the molecule is OC1CCCCCC1n1cc(CNC2CC2)cn1. The predicted molar refractivity (Wildman–Crippen MR) is 70.2 cm³/mol. The fourth-order valence-electron chi connectivity index (χ4n) is 2.78. The molecule has 100 valence electrons. The van der Waals surface area contributed by atoms with E-state index in [-0.39, 0.29) is 12.1 Å². The van der Waals surface area contributed by atoms with Crippen molar-refractivity contribution in [3.05, 3.63) is 18.0 Å². The van der Waals surface area contributed by atoms with Gasteiger partial charge in [0.15, 0.2) is 0 Å². The van der Waals surface area contributed by atoms with E-state index in [1.165, 1.54) is 31.2 Å². The van der Waals surface area contributed by atoms with E-state index in [0.29, 0.717) is 0 Å².